The third-order valence-electron chi connectivity index (χ3n) is 0.606. The lowest BCUT2D eigenvalue weighted by atomic mass is 10.6. The van der Waals surface area contributed by atoms with Gasteiger partial charge in [-0.15, -0.1) is 0 Å². The largest absolute Gasteiger partial charge is 0.393 e. The van der Waals surface area contributed by atoms with Crippen molar-refractivity contribution in [3.63, 3.8) is 0 Å². The Labute approximate surface area is 63.2 Å². The van der Waals surface area contributed by atoms with Crippen LogP contribution in [0.5, 0.6) is 0 Å². The average molecular weight is 224 g/mol. The predicted octanol–water partition coefficient (Wildman–Crippen LogP) is 1.53. The Morgan fingerprint density at radius 1 is 1.75 bits per heavy atom. The Hall–Kier alpha value is -0.0600. The lowest BCUT2D eigenvalue weighted by Crippen LogP contribution is -1.92. The second-order valence-electron chi connectivity index (χ2n) is 1.30. The van der Waals surface area contributed by atoms with Crippen molar-refractivity contribution in [2.24, 2.45) is 4.99 Å². The molecule has 0 atom stereocenters. The summed E-state index contributed by atoms with van der Waals surface area (Å²) in [5.74, 6) is 0. The molecule has 0 fully saturated rings. The molecule has 2 nitrogen and oxygen atoms in total. The Balaban J connectivity index is 3.61. The normalized spacial score (nSPS) is 12.6. The molecule has 1 N–H and O–H groups in total. The number of rotatable bonds is 2. The SMILES string of the molecule is CN/C=C(/C)N=CI. The molecule has 0 aromatic heterocycles. The van der Waals surface area contributed by atoms with Gasteiger partial charge in [0.15, 0.2) is 0 Å². The molecule has 0 amide bonds. The van der Waals surface area contributed by atoms with E-state index in [1.54, 1.807) is 4.22 Å². The fourth-order valence-electron chi connectivity index (χ4n) is 0.323. The monoisotopic (exact) mass is 224 g/mol. The smallest absolute Gasteiger partial charge is 0.0655 e. The van der Waals surface area contributed by atoms with Crippen molar-refractivity contribution in [1.82, 2.24) is 5.32 Å². The number of allylic oxidation sites excluding steroid dienone is 1. The molecule has 0 aliphatic carbocycles. The summed E-state index contributed by atoms with van der Waals surface area (Å²) in [6, 6.07) is 0. The molecule has 46 valence electrons. The highest BCUT2D eigenvalue weighted by atomic mass is 127. The minimum Gasteiger partial charge on any atom is -0.393 e. The molecule has 0 unspecified atom stereocenters. The molecule has 8 heavy (non-hydrogen) atoms. The Morgan fingerprint density at radius 2 is 2.38 bits per heavy atom. The van der Waals surface area contributed by atoms with E-state index in [2.05, 4.69) is 32.9 Å². The Kier molecular flexibility index (Phi) is 5.05. The molecule has 0 spiro atoms. The fourth-order valence-corrected chi connectivity index (χ4v) is 0.762. The first-order chi connectivity index (χ1) is 3.81. The first-order valence-corrected chi connectivity index (χ1v) is 3.52. The van der Waals surface area contributed by atoms with Crippen LogP contribution in [0.1, 0.15) is 6.92 Å². The molecule has 0 aromatic rings. The predicted molar refractivity (Wildman–Crippen MR) is 45.3 cm³/mol. The maximum atomic E-state index is 3.97. The molecule has 0 rings (SSSR count). The fraction of sp³-hybridized carbons (Fsp3) is 0.400. The second-order valence-corrected chi connectivity index (χ2v) is 1.86. The van der Waals surface area contributed by atoms with Crippen LogP contribution in [0.25, 0.3) is 0 Å². The van der Waals surface area contributed by atoms with E-state index < -0.39 is 0 Å². The zero-order chi connectivity index (χ0) is 6.41. The van der Waals surface area contributed by atoms with Gasteiger partial charge in [0.25, 0.3) is 0 Å². The van der Waals surface area contributed by atoms with E-state index in [1.165, 1.54) is 0 Å². The van der Waals surface area contributed by atoms with Gasteiger partial charge in [0.05, 0.1) is 9.92 Å². The summed E-state index contributed by atoms with van der Waals surface area (Å²) < 4.78 is 1.74. The Morgan fingerprint density at radius 3 is 2.75 bits per heavy atom. The number of aliphatic imine (C=N–C) groups is 1. The number of halogens is 1. The summed E-state index contributed by atoms with van der Waals surface area (Å²) in [6.07, 6.45) is 1.84. The van der Waals surface area contributed by atoms with Crippen molar-refractivity contribution >= 4 is 26.8 Å². The van der Waals surface area contributed by atoms with Crippen molar-refractivity contribution in [3.05, 3.63) is 11.9 Å². The van der Waals surface area contributed by atoms with Crippen molar-refractivity contribution in [2.45, 2.75) is 6.92 Å². The van der Waals surface area contributed by atoms with Crippen LogP contribution >= 0.6 is 22.6 Å². The van der Waals surface area contributed by atoms with Crippen molar-refractivity contribution < 1.29 is 0 Å². The van der Waals surface area contributed by atoms with Crippen molar-refractivity contribution in [3.8, 4) is 0 Å². The summed E-state index contributed by atoms with van der Waals surface area (Å²) in [5.41, 5.74) is 0.988. The highest BCUT2D eigenvalue weighted by Gasteiger charge is 1.74. The molecule has 0 radical (unpaired) electrons. The van der Waals surface area contributed by atoms with Gasteiger partial charge in [0, 0.05) is 13.2 Å². The van der Waals surface area contributed by atoms with E-state index in [-0.39, 0.29) is 0 Å². The molecule has 0 aliphatic heterocycles. The molecule has 0 saturated carbocycles. The van der Waals surface area contributed by atoms with Gasteiger partial charge in [-0.25, -0.2) is 0 Å². The summed E-state index contributed by atoms with van der Waals surface area (Å²) in [6.45, 7) is 1.94. The summed E-state index contributed by atoms with van der Waals surface area (Å²) in [5, 5.41) is 2.87. The van der Waals surface area contributed by atoms with Crippen molar-refractivity contribution in [2.75, 3.05) is 7.05 Å². The average Bonchev–Trinajstić information content (AvgIpc) is 1.68. The molecule has 3 heteroatoms. The van der Waals surface area contributed by atoms with Crippen LogP contribution in [-0.2, 0) is 0 Å². The van der Waals surface area contributed by atoms with Crippen molar-refractivity contribution in [1.29, 1.82) is 0 Å². The van der Waals surface area contributed by atoms with Crippen LogP contribution in [0.2, 0.25) is 0 Å². The number of hydrogen-bond donors (Lipinski definition) is 1. The topological polar surface area (TPSA) is 24.4 Å². The molecule has 0 heterocycles. The van der Waals surface area contributed by atoms with E-state index >= 15 is 0 Å². The number of nitrogens with one attached hydrogen (secondary N) is 1. The number of nitrogens with zero attached hydrogens (tertiary/aromatic N) is 1. The molecular weight excluding hydrogens is 215 g/mol. The van der Waals surface area contributed by atoms with Gasteiger partial charge >= 0.3 is 0 Å². The molecule has 0 bridgehead atoms. The maximum Gasteiger partial charge on any atom is 0.0655 e. The zero-order valence-corrected chi connectivity index (χ0v) is 7.14. The third kappa shape index (κ3) is 4.11. The second kappa shape index (κ2) is 5.08. The quantitative estimate of drug-likeness (QED) is 0.558. The van der Waals surface area contributed by atoms with E-state index in [0.29, 0.717) is 0 Å². The van der Waals surface area contributed by atoms with E-state index in [9.17, 15) is 0 Å². The van der Waals surface area contributed by atoms with Crippen LogP contribution in [0.15, 0.2) is 16.9 Å². The van der Waals surface area contributed by atoms with Gasteiger partial charge in [-0.2, -0.15) is 0 Å². The van der Waals surface area contributed by atoms with Gasteiger partial charge in [0.1, 0.15) is 0 Å². The lowest BCUT2D eigenvalue weighted by molar-refractivity contribution is 1.06. The summed E-state index contributed by atoms with van der Waals surface area (Å²) >= 11 is 2.08. The van der Waals surface area contributed by atoms with E-state index in [1.807, 2.05) is 20.2 Å². The minimum atomic E-state index is 0.988. The Bertz CT molecular complexity index is 107. The van der Waals surface area contributed by atoms with Gasteiger partial charge in [-0.1, -0.05) is 0 Å². The lowest BCUT2D eigenvalue weighted by Gasteiger charge is -1.87. The van der Waals surface area contributed by atoms with Gasteiger partial charge in [0.2, 0.25) is 0 Å². The highest BCUT2D eigenvalue weighted by molar-refractivity contribution is 14.1. The van der Waals surface area contributed by atoms with Crippen LogP contribution < -0.4 is 5.32 Å². The minimum absolute atomic E-state index is 0.988. The molecule has 0 aromatic carbocycles. The standard InChI is InChI=1S/C5H9IN2/c1-5(3-7-2)8-4-6/h3-4,7H,1-2H3/b5-3-,8-4?. The molecule has 0 saturated heterocycles. The van der Waals surface area contributed by atoms with Crippen LogP contribution in [-0.4, -0.2) is 11.3 Å². The van der Waals surface area contributed by atoms with Crippen LogP contribution in [0, 0.1) is 0 Å². The first-order valence-electron chi connectivity index (χ1n) is 2.28. The molecular formula is C5H9IN2. The maximum absolute atomic E-state index is 3.97. The van der Waals surface area contributed by atoms with E-state index in [0.717, 1.165) is 5.70 Å². The summed E-state index contributed by atoms with van der Waals surface area (Å²) in [7, 11) is 1.85. The molecule has 0 aliphatic rings. The summed E-state index contributed by atoms with van der Waals surface area (Å²) in [4.78, 5) is 3.97. The van der Waals surface area contributed by atoms with Gasteiger partial charge in [-0.3, -0.25) is 4.99 Å². The number of hydrogen-bond acceptors (Lipinski definition) is 2. The first kappa shape index (κ1) is 7.94. The van der Waals surface area contributed by atoms with Gasteiger partial charge in [-0.05, 0) is 29.5 Å². The van der Waals surface area contributed by atoms with Crippen LogP contribution in [0.3, 0.4) is 0 Å². The third-order valence-corrected chi connectivity index (χ3v) is 0.884. The van der Waals surface area contributed by atoms with E-state index in [4.69, 9.17) is 0 Å². The van der Waals surface area contributed by atoms with Gasteiger partial charge < -0.3 is 5.32 Å². The van der Waals surface area contributed by atoms with Crippen LogP contribution in [0.4, 0.5) is 0 Å². The highest BCUT2D eigenvalue weighted by Crippen LogP contribution is 1.90. The zero-order valence-electron chi connectivity index (χ0n) is 4.98.